The van der Waals surface area contributed by atoms with Gasteiger partial charge in [0, 0.05) is 19.8 Å². The van der Waals surface area contributed by atoms with Gasteiger partial charge in [-0.15, -0.1) is 0 Å². The van der Waals surface area contributed by atoms with Crippen LogP contribution in [0.4, 0.5) is 0 Å². The number of aliphatic carboxylic acids is 1. The number of ether oxygens (including phenoxy) is 3. The number of likely N-dealkylation sites (N-methyl/N-ethyl adjacent to an activating group) is 1. The number of rotatable bonds is 27. The molecule has 0 spiro atoms. The maximum Gasteiger partial charge on any atom is 0.306 e. The van der Waals surface area contributed by atoms with E-state index in [-0.39, 0.29) is 36.7 Å². The highest BCUT2D eigenvalue weighted by Gasteiger charge is 2.25. The maximum absolute atomic E-state index is 12.3. The van der Waals surface area contributed by atoms with Gasteiger partial charge in [-0.3, -0.25) is 9.59 Å². The highest BCUT2D eigenvalue weighted by molar-refractivity contribution is 5.70. The zero-order valence-electron chi connectivity index (χ0n) is 26.7. The lowest BCUT2D eigenvalue weighted by atomic mass is 10.1. The summed E-state index contributed by atoms with van der Waals surface area (Å²) < 4.78 is 16.3. The van der Waals surface area contributed by atoms with Crippen molar-refractivity contribution >= 4 is 17.9 Å². The Balaban J connectivity index is 3.96. The number of nitrogens with zero attached hydrogens (tertiary/aromatic N) is 1. The predicted octanol–water partition coefficient (Wildman–Crippen LogP) is 5.68. The van der Waals surface area contributed by atoms with Crippen molar-refractivity contribution in [2.45, 2.75) is 129 Å². The number of hydrogen-bond donors (Lipinski definition) is 0. The Kier molecular flexibility index (Phi) is 24.2. The molecule has 8 heteroatoms. The van der Waals surface area contributed by atoms with Crippen LogP contribution in [0, 0.1) is 0 Å². The number of allylic oxidation sites excluding steroid dienone is 4. The first-order valence-corrected chi connectivity index (χ1v) is 15.8. The van der Waals surface area contributed by atoms with Crippen LogP contribution in [0.5, 0.6) is 0 Å². The van der Waals surface area contributed by atoms with Crippen LogP contribution in [0.3, 0.4) is 0 Å². The fourth-order valence-electron chi connectivity index (χ4n) is 4.41. The highest BCUT2D eigenvalue weighted by atomic mass is 16.6. The third-order valence-electron chi connectivity index (χ3n) is 6.90. The SMILES string of the molecule is CCCCCC/C=C\C/C=C\CCCCCCCCCC(=O)OC(COCCC(C(=O)[O-])[N+](C)(C)C)COC(C)=O. The van der Waals surface area contributed by atoms with E-state index in [0.717, 1.165) is 32.1 Å². The molecule has 0 fully saturated rings. The molecule has 238 valence electrons. The van der Waals surface area contributed by atoms with Crippen molar-refractivity contribution in [2.75, 3.05) is 41.0 Å². The average Bonchev–Trinajstić information content (AvgIpc) is 2.89. The minimum Gasteiger partial charge on any atom is -0.544 e. The summed E-state index contributed by atoms with van der Waals surface area (Å²) in [5, 5.41) is 11.4. The Morgan fingerprint density at radius 2 is 1.34 bits per heavy atom. The molecule has 0 amide bonds. The van der Waals surface area contributed by atoms with E-state index in [2.05, 4.69) is 31.2 Å². The molecule has 0 heterocycles. The quantitative estimate of drug-likeness (QED) is 0.0533. The van der Waals surface area contributed by atoms with E-state index in [9.17, 15) is 19.5 Å². The Labute approximate surface area is 250 Å². The van der Waals surface area contributed by atoms with Crippen LogP contribution in [0.25, 0.3) is 0 Å². The number of quaternary nitrogens is 1. The minimum absolute atomic E-state index is 0.0287. The lowest BCUT2D eigenvalue weighted by Gasteiger charge is -2.34. The number of unbranched alkanes of at least 4 members (excludes halogenated alkanes) is 11. The van der Waals surface area contributed by atoms with Crippen LogP contribution in [-0.2, 0) is 28.6 Å². The monoisotopic (exact) mass is 581 g/mol. The van der Waals surface area contributed by atoms with Gasteiger partial charge in [0.1, 0.15) is 12.6 Å². The molecule has 0 aliphatic carbocycles. The number of carbonyl (C=O) groups is 3. The lowest BCUT2D eigenvalue weighted by molar-refractivity contribution is -0.889. The topological polar surface area (TPSA) is 102 Å². The minimum atomic E-state index is -1.14. The maximum atomic E-state index is 12.3. The molecule has 0 radical (unpaired) electrons. The van der Waals surface area contributed by atoms with Gasteiger partial charge in [-0.2, -0.15) is 0 Å². The van der Waals surface area contributed by atoms with Crippen molar-refractivity contribution < 1.29 is 38.2 Å². The smallest absolute Gasteiger partial charge is 0.306 e. The molecule has 0 rings (SSSR count). The van der Waals surface area contributed by atoms with Crippen molar-refractivity contribution in [3.8, 4) is 0 Å². The van der Waals surface area contributed by atoms with Crippen molar-refractivity contribution in [3.05, 3.63) is 24.3 Å². The largest absolute Gasteiger partial charge is 0.544 e. The average molecular weight is 582 g/mol. The Morgan fingerprint density at radius 3 is 1.88 bits per heavy atom. The van der Waals surface area contributed by atoms with Crippen LogP contribution in [0.15, 0.2) is 24.3 Å². The molecule has 0 saturated heterocycles. The molecule has 0 aliphatic heterocycles. The van der Waals surface area contributed by atoms with Crippen LogP contribution < -0.4 is 5.11 Å². The Hall–Kier alpha value is -2.19. The van der Waals surface area contributed by atoms with Gasteiger partial charge in [0.05, 0.1) is 40.3 Å². The third-order valence-corrected chi connectivity index (χ3v) is 6.90. The molecule has 2 atom stereocenters. The van der Waals surface area contributed by atoms with Gasteiger partial charge >= 0.3 is 11.9 Å². The van der Waals surface area contributed by atoms with E-state index < -0.39 is 24.1 Å². The van der Waals surface area contributed by atoms with E-state index in [4.69, 9.17) is 14.2 Å². The first-order valence-electron chi connectivity index (χ1n) is 15.8. The van der Waals surface area contributed by atoms with E-state index in [0.29, 0.717) is 6.42 Å². The molecule has 0 aromatic heterocycles. The summed E-state index contributed by atoms with van der Waals surface area (Å²) in [4.78, 5) is 34.9. The molecule has 2 unspecified atom stereocenters. The molecule has 0 aromatic carbocycles. The summed E-state index contributed by atoms with van der Waals surface area (Å²) in [7, 11) is 5.34. The summed E-state index contributed by atoms with van der Waals surface area (Å²) in [6, 6.07) is -0.719. The molecule has 8 nitrogen and oxygen atoms in total. The molecule has 0 bridgehead atoms. The van der Waals surface area contributed by atoms with Gasteiger partial charge in [-0.05, 0) is 38.5 Å². The van der Waals surface area contributed by atoms with E-state index in [1.807, 2.05) is 0 Å². The second-order valence-corrected chi connectivity index (χ2v) is 11.8. The summed E-state index contributed by atoms with van der Waals surface area (Å²) in [6.07, 6.45) is 25.3. The lowest BCUT2D eigenvalue weighted by Crippen LogP contribution is -2.55. The van der Waals surface area contributed by atoms with Crippen molar-refractivity contribution in [3.63, 3.8) is 0 Å². The molecule has 0 N–H and O–H groups in total. The summed E-state index contributed by atoms with van der Waals surface area (Å²) in [5.74, 6) is -1.95. The van der Waals surface area contributed by atoms with Crippen LogP contribution in [0.2, 0.25) is 0 Å². The van der Waals surface area contributed by atoms with E-state index >= 15 is 0 Å². The Morgan fingerprint density at radius 1 is 0.780 bits per heavy atom. The molecule has 0 saturated carbocycles. The standard InChI is InChI=1S/C33H59NO7/c1-6-7-8-9-10-11-12-13-14-15-16-17-18-19-20-21-22-23-24-32(36)41-30(28-40-29(2)35)27-39-26-25-31(33(37)38)34(3,4)5/h11-12,14-15,30-31H,6-10,13,16-28H2,1-5H3/b12-11-,15-14-. The second kappa shape index (κ2) is 25.5. The number of hydrogen-bond acceptors (Lipinski definition) is 7. The van der Waals surface area contributed by atoms with Gasteiger partial charge in [0.25, 0.3) is 0 Å². The van der Waals surface area contributed by atoms with Crippen LogP contribution in [0.1, 0.15) is 117 Å². The van der Waals surface area contributed by atoms with E-state index in [1.165, 1.54) is 64.7 Å². The molecule has 0 aliphatic rings. The summed E-state index contributed by atoms with van der Waals surface area (Å²) in [5.41, 5.74) is 0. The normalized spacial score (nSPS) is 13.5. The van der Waals surface area contributed by atoms with Crippen molar-refractivity contribution in [2.24, 2.45) is 0 Å². The molecular formula is C33H59NO7. The predicted molar refractivity (Wildman–Crippen MR) is 162 cm³/mol. The number of carbonyl (C=O) groups excluding carboxylic acids is 3. The highest BCUT2D eigenvalue weighted by Crippen LogP contribution is 2.12. The second-order valence-electron chi connectivity index (χ2n) is 11.8. The zero-order valence-corrected chi connectivity index (χ0v) is 26.7. The zero-order chi connectivity index (χ0) is 30.8. The first kappa shape index (κ1) is 38.8. The first-order chi connectivity index (χ1) is 19.6. The fourth-order valence-corrected chi connectivity index (χ4v) is 4.41. The Bertz CT molecular complexity index is 742. The summed E-state index contributed by atoms with van der Waals surface area (Å²) >= 11 is 0. The van der Waals surface area contributed by atoms with Gasteiger partial charge in [-0.25, -0.2) is 0 Å². The van der Waals surface area contributed by atoms with Gasteiger partial charge in [-0.1, -0.05) is 82.6 Å². The van der Waals surface area contributed by atoms with Crippen molar-refractivity contribution in [1.82, 2.24) is 0 Å². The van der Waals surface area contributed by atoms with Crippen molar-refractivity contribution in [1.29, 1.82) is 0 Å². The fraction of sp³-hybridized carbons (Fsp3) is 0.788. The number of carboxylic acid groups (broad SMARTS) is 1. The molecular weight excluding hydrogens is 522 g/mol. The van der Waals surface area contributed by atoms with Gasteiger partial charge in [0.15, 0.2) is 6.10 Å². The van der Waals surface area contributed by atoms with Crippen LogP contribution >= 0.6 is 0 Å². The molecule has 0 aromatic rings. The van der Waals surface area contributed by atoms with Gasteiger partial charge < -0.3 is 28.6 Å². The van der Waals surface area contributed by atoms with E-state index in [1.54, 1.807) is 21.1 Å². The third kappa shape index (κ3) is 25.3. The number of carboxylic acids is 1. The summed E-state index contributed by atoms with van der Waals surface area (Å²) in [6.45, 7) is 3.63. The van der Waals surface area contributed by atoms with Crippen LogP contribution in [-0.4, -0.2) is 75.5 Å². The number of esters is 2. The molecule has 41 heavy (non-hydrogen) atoms. The van der Waals surface area contributed by atoms with Gasteiger partial charge in [0.2, 0.25) is 0 Å².